The lowest BCUT2D eigenvalue weighted by Crippen LogP contribution is -2.36. The van der Waals surface area contributed by atoms with Gasteiger partial charge in [0.05, 0.1) is 0 Å². The maximum Gasteiger partial charge on any atom is 0.253 e. The van der Waals surface area contributed by atoms with Gasteiger partial charge in [-0.1, -0.05) is 6.07 Å². The van der Waals surface area contributed by atoms with Crippen LogP contribution >= 0.6 is 12.6 Å². The summed E-state index contributed by atoms with van der Waals surface area (Å²) in [6, 6.07) is 7.76. The van der Waals surface area contributed by atoms with Gasteiger partial charge in [0.15, 0.2) is 0 Å². The molecule has 0 aromatic heterocycles. The van der Waals surface area contributed by atoms with Crippen molar-refractivity contribution < 1.29 is 4.79 Å². The molecule has 1 unspecified atom stereocenters. The summed E-state index contributed by atoms with van der Waals surface area (Å²) in [5.41, 5.74) is 0.725. The van der Waals surface area contributed by atoms with Gasteiger partial charge in [-0.3, -0.25) is 4.79 Å². The van der Waals surface area contributed by atoms with Crippen molar-refractivity contribution in [2.45, 2.75) is 30.7 Å². The van der Waals surface area contributed by atoms with E-state index in [4.69, 9.17) is 0 Å². The molecule has 0 radical (unpaired) electrons. The highest BCUT2D eigenvalue weighted by Gasteiger charge is 2.32. The minimum Gasteiger partial charge on any atom is -0.339 e. The van der Waals surface area contributed by atoms with Crippen LogP contribution in [0.1, 0.15) is 30.1 Å². The molecule has 1 aromatic carbocycles. The molecular weight excluding hydrogens is 218 g/mol. The van der Waals surface area contributed by atoms with E-state index in [0.29, 0.717) is 12.0 Å². The average molecular weight is 235 g/mol. The summed E-state index contributed by atoms with van der Waals surface area (Å²) < 4.78 is 0. The largest absolute Gasteiger partial charge is 0.339 e. The second kappa shape index (κ2) is 4.50. The zero-order valence-electron chi connectivity index (χ0n) is 9.68. The quantitative estimate of drug-likeness (QED) is 0.799. The lowest BCUT2D eigenvalue weighted by atomic mass is 10.1. The fourth-order valence-corrected chi connectivity index (χ4v) is 2.15. The molecule has 1 amide bonds. The first-order chi connectivity index (χ1) is 7.59. The first kappa shape index (κ1) is 11.5. The molecule has 0 aliphatic heterocycles. The molecule has 0 bridgehead atoms. The van der Waals surface area contributed by atoms with Crippen molar-refractivity contribution in [3.63, 3.8) is 0 Å². The van der Waals surface area contributed by atoms with E-state index in [-0.39, 0.29) is 5.91 Å². The van der Waals surface area contributed by atoms with Gasteiger partial charge in [0.1, 0.15) is 0 Å². The standard InChI is InChI=1S/C13H17NOS/c1-9(10-6-7-10)14(2)13(15)11-4-3-5-12(16)8-11/h3-5,8-10,16H,6-7H2,1-2H3. The number of benzene rings is 1. The van der Waals surface area contributed by atoms with Crippen molar-refractivity contribution in [3.05, 3.63) is 29.8 Å². The Morgan fingerprint density at radius 1 is 1.50 bits per heavy atom. The van der Waals surface area contributed by atoms with E-state index >= 15 is 0 Å². The molecule has 0 N–H and O–H groups in total. The van der Waals surface area contributed by atoms with Gasteiger partial charge in [-0.25, -0.2) is 0 Å². The van der Waals surface area contributed by atoms with Gasteiger partial charge < -0.3 is 4.90 Å². The zero-order chi connectivity index (χ0) is 11.7. The normalized spacial score (nSPS) is 16.9. The number of hydrogen-bond donors (Lipinski definition) is 1. The van der Waals surface area contributed by atoms with Crippen molar-refractivity contribution in [3.8, 4) is 0 Å². The van der Waals surface area contributed by atoms with Crippen molar-refractivity contribution in [1.29, 1.82) is 0 Å². The SMILES string of the molecule is CC(C1CC1)N(C)C(=O)c1cccc(S)c1. The monoisotopic (exact) mass is 235 g/mol. The van der Waals surface area contributed by atoms with Crippen LogP contribution < -0.4 is 0 Å². The molecule has 1 aliphatic carbocycles. The van der Waals surface area contributed by atoms with Gasteiger partial charge in [0.2, 0.25) is 0 Å². The third-order valence-corrected chi connectivity index (χ3v) is 3.61. The average Bonchev–Trinajstić information content (AvgIpc) is 3.10. The van der Waals surface area contributed by atoms with E-state index in [1.807, 2.05) is 36.2 Å². The number of thiol groups is 1. The van der Waals surface area contributed by atoms with Crippen LogP contribution in [0.15, 0.2) is 29.2 Å². The van der Waals surface area contributed by atoms with E-state index in [2.05, 4.69) is 19.6 Å². The number of carbonyl (C=O) groups is 1. The summed E-state index contributed by atoms with van der Waals surface area (Å²) in [6.45, 7) is 2.13. The van der Waals surface area contributed by atoms with Crippen LogP contribution in [0.5, 0.6) is 0 Å². The Hall–Kier alpha value is -0.960. The van der Waals surface area contributed by atoms with Crippen molar-refractivity contribution in [2.24, 2.45) is 5.92 Å². The van der Waals surface area contributed by atoms with Gasteiger partial charge in [0.25, 0.3) is 5.91 Å². The Balaban J connectivity index is 2.11. The van der Waals surface area contributed by atoms with Crippen molar-refractivity contribution in [2.75, 3.05) is 7.05 Å². The highest BCUT2D eigenvalue weighted by atomic mass is 32.1. The van der Waals surface area contributed by atoms with Crippen LogP contribution in [-0.4, -0.2) is 23.9 Å². The summed E-state index contributed by atoms with van der Waals surface area (Å²) in [6.07, 6.45) is 2.51. The maximum atomic E-state index is 12.2. The fourth-order valence-electron chi connectivity index (χ4n) is 1.92. The number of hydrogen-bond acceptors (Lipinski definition) is 2. The van der Waals surface area contributed by atoms with Gasteiger partial charge >= 0.3 is 0 Å². The summed E-state index contributed by atoms with van der Waals surface area (Å²) in [7, 11) is 1.89. The second-order valence-electron chi connectivity index (χ2n) is 4.54. The fraction of sp³-hybridized carbons (Fsp3) is 0.462. The smallest absolute Gasteiger partial charge is 0.253 e. The van der Waals surface area contributed by atoms with Gasteiger partial charge in [0, 0.05) is 23.5 Å². The molecule has 16 heavy (non-hydrogen) atoms. The predicted octanol–water partition coefficient (Wildman–Crippen LogP) is 2.85. The summed E-state index contributed by atoms with van der Waals surface area (Å²) in [5, 5.41) is 0. The van der Waals surface area contributed by atoms with E-state index in [0.717, 1.165) is 10.5 Å². The van der Waals surface area contributed by atoms with E-state index in [9.17, 15) is 4.79 Å². The van der Waals surface area contributed by atoms with Crippen LogP contribution in [0.4, 0.5) is 0 Å². The maximum absolute atomic E-state index is 12.2. The van der Waals surface area contributed by atoms with Gasteiger partial charge in [-0.15, -0.1) is 12.6 Å². The Kier molecular flexibility index (Phi) is 3.24. The highest BCUT2D eigenvalue weighted by Crippen LogP contribution is 2.35. The third kappa shape index (κ3) is 2.40. The molecule has 1 atom stereocenters. The Morgan fingerprint density at radius 2 is 2.19 bits per heavy atom. The number of carbonyl (C=O) groups excluding carboxylic acids is 1. The Morgan fingerprint density at radius 3 is 2.75 bits per heavy atom. The number of amides is 1. The number of nitrogens with zero attached hydrogens (tertiary/aromatic N) is 1. The molecule has 0 spiro atoms. The topological polar surface area (TPSA) is 20.3 Å². The minimum atomic E-state index is 0.0929. The van der Waals surface area contributed by atoms with Gasteiger partial charge in [-0.05, 0) is 43.9 Å². The van der Waals surface area contributed by atoms with Crippen molar-refractivity contribution >= 4 is 18.5 Å². The third-order valence-electron chi connectivity index (χ3n) is 3.33. The molecule has 1 fully saturated rings. The molecule has 2 nitrogen and oxygen atoms in total. The first-order valence-electron chi connectivity index (χ1n) is 5.66. The summed E-state index contributed by atoms with van der Waals surface area (Å²) in [4.78, 5) is 14.8. The van der Waals surface area contributed by atoms with Crippen LogP contribution in [-0.2, 0) is 0 Å². The number of rotatable bonds is 3. The molecule has 0 saturated heterocycles. The summed E-state index contributed by atoms with van der Waals surface area (Å²) >= 11 is 4.25. The van der Waals surface area contributed by atoms with Crippen LogP contribution in [0, 0.1) is 5.92 Å². The molecule has 1 aliphatic rings. The van der Waals surface area contributed by atoms with Crippen molar-refractivity contribution in [1.82, 2.24) is 4.90 Å². The summed E-state index contributed by atoms with van der Waals surface area (Å²) in [5.74, 6) is 0.795. The lowest BCUT2D eigenvalue weighted by molar-refractivity contribution is 0.0727. The minimum absolute atomic E-state index is 0.0929. The second-order valence-corrected chi connectivity index (χ2v) is 5.06. The van der Waals surface area contributed by atoms with Crippen LogP contribution in [0.2, 0.25) is 0 Å². The van der Waals surface area contributed by atoms with Crippen LogP contribution in [0.25, 0.3) is 0 Å². The Bertz CT molecular complexity index is 401. The predicted molar refractivity (Wildman–Crippen MR) is 68.0 cm³/mol. The van der Waals surface area contributed by atoms with E-state index in [1.54, 1.807) is 0 Å². The first-order valence-corrected chi connectivity index (χ1v) is 6.10. The van der Waals surface area contributed by atoms with E-state index < -0.39 is 0 Å². The zero-order valence-corrected chi connectivity index (χ0v) is 10.6. The Labute approximate surface area is 102 Å². The molecule has 1 saturated carbocycles. The molecule has 86 valence electrons. The van der Waals surface area contributed by atoms with Crippen LogP contribution in [0.3, 0.4) is 0 Å². The lowest BCUT2D eigenvalue weighted by Gasteiger charge is -2.25. The molecule has 2 rings (SSSR count). The molecule has 1 aromatic rings. The molecule has 0 heterocycles. The molecular formula is C13H17NOS. The highest BCUT2D eigenvalue weighted by molar-refractivity contribution is 7.80. The van der Waals surface area contributed by atoms with Gasteiger partial charge in [-0.2, -0.15) is 0 Å². The van der Waals surface area contributed by atoms with E-state index in [1.165, 1.54) is 12.8 Å². The molecule has 3 heteroatoms.